The molecule has 0 saturated heterocycles. The molecule has 0 radical (unpaired) electrons. The Kier molecular flexibility index (Phi) is 5.38. The van der Waals surface area contributed by atoms with Crippen LogP contribution in [0.5, 0.6) is 0 Å². The lowest BCUT2D eigenvalue weighted by Gasteiger charge is -2.07. The summed E-state index contributed by atoms with van der Waals surface area (Å²) in [5.41, 5.74) is 3.21. The molecule has 1 heterocycles. The molecule has 0 unspecified atom stereocenters. The summed E-state index contributed by atoms with van der Waals surface area (Å²) in [6, 6.07) is 15.6. The van der Waals surface area contributed by atoms with E-state index in [0.29, 0.717) is 17.2 Å². The Labute approximate surface area is 150 Å². The van der Waals surface area contributed by atoms with Gasteiger partial charge in [-0.15, -0.1) is 0 Å². The molecule has 0 N–H and O–H groups in total. The van der Waals surface area contributed by atoms with E-state index in [-0.39, 0.29) is 5.78 Å². The number of imidazole rings is 1. The highest BCUT2D eigenvalue weighted by Gasteiger charge is 2.10. The number of benzene rings is 2. The van der Waals surface area contributed by atoms with E-state index in [0.717, 1.165) is 16.4 Å². The molecular formula is C19H17ClN2OS. The van der Waals surface area contributed by atoms with Crippen LogP contribution >= 0.6 is 23.4 Å². The van der Waals surface area contributed by atoms with E-state index in [9.17, 15) is 4.79 Å². The van der Waals surface area contributed by atoms with E-state index in [4.69, 9.17) is 11.6 Å². The maximum absolute atomic E-state index is 12.2. The van der Waals surface area contributed by atoms with Crippen LogP contribution in [-0.4, -0.2) is 21.1 Å². The molecule has 3 nitrogen and oxygen atoms in total. The molecule has 0 aliphatic heterocycles. The van der Waals surface area contributed by atoms with Gasteiger partial charge in [0.25, 0.3) is 0 Å². The topological polar surface area (TPSA) is 34.9 Å². The van der Waals surface area contributed by atoms with Gasteiger partial charge >= 0.3 is 0 Å². The number of nitrogens with zero attached hydrogens (tertiary/aromatic N) is 2. The maximum Gasteiger partial charge on any atom is 0.173 e. The summed E-state index contributed by atoms with van der Waals surface area (Å²) in [5.74, 6) is 0.592. The van der Waals surface area contributed by atoms with Gasteiger partial charge in [-0.25, -0.2) is 4.98 Å². The zero-order valence-electron chi connectivity index (χ0n) is 13.3. The second-order valence-corrected chi connectivity index (χ2v) is 6.93. The van der Waals surface area contributed by atoms with E-state index in [2.05, 4.69) is 11.1 Å². The van der Waals surface area contributed by atoms with Crippen molar-refractivity contribution in [3.63, 3.8) is 0 Å². The first-order chi connectivity index (χ1) is 11.6. The van der Waals surface area contributed by atoms with Crippen molar-refractivity contribution in [3.8, 4) is 5.69 Å². The van der Waals surface area contributed by atoms with Crippen LogP contribution < -0.4 is 0 Å². The average Bonchev–Trinajstić information content (AvgIpc) is 3.02. The van der Waals surface area contributed by atoms with Gasteiger partial charge in [-0.3, -0.25) is 9.36 Å². The Morgan fingerprint density at radius 1 is 1.21 bits per heavy atom. The molecule has 3 rings (SSSR count). The van der Waals surface area contributed by atoms with Gasteiger partial charge in [0.05, 0.1) is 5.75 Å². The first-order valence-corrected chi connectivity index (χ1v) is 8.97. The standard InChI is InChI=1S/C19H17ClN2OS/c1-14-3-2-4-15(11-14)12-18(23)13-24-19-21-9-10-22(19)17-7-5-16(20)6-8-17/h2-11H,12-13H2,1H3. The highest BCUT2D eigenvalue weighted by Crippen LogP contribution is 2.22. The van der Waals surface area contributed by atoms with E-state index >= 15 is 0 Å². The lowest BCUT2D eigenvalue weighted by atomic mass is 10.1. The highest BCUT2D eigenvalue weighted by atomic mass is 35.5. The zero-order chi connectivity index (χ0) is 16.9. The Bertz CT molecular complexity index is 843. The number of carbonyl (C=O) groups excluding carboxylic acids is 1. The molecule has 0 spiro atoms. The van der Waals surface area contributed by atoms with Gasteiger partial charge in [-0.05, 0) is 36.8 Å². The third kappa shape index (κ3) is 4.28. The summed E-state index contributed by atoms with van der Waals surface area (Å²) < 4.78 is 1.96. The fourth-order valence-electron chi connectivity index (χ4n) is 2.44. The normalized spacial score (nSPS) is 10.8. The summed E-state index contributed by atoms with van der Waals surface area (Å²) in [4.78, 5) is 16.6. The number of halogens is 1. The van der Waals surface area contributed by atoms with Crippen LogP contribution in [0.2, 0.25) is 5.02 Å². The SMILES string of the molecule is Cc1cccc(CC(=O)CSc2nccn2-c2ccc(Cl)cc2)c1. The predicted molar refractivity (Wildman–Crippen MR) is 99.2 cm³/mol. The van der Waals surface area contributed by atoms with E-state index in [1.165, 1.54) is 17.3 Å². The van der Waals surface area contributed by atoms with Crippen molar-refractivity contribution in [2.45, 2.75) is 18.5 Å². The van der Waals surface area contributed by atoms with Gasteiger partial charge in [0.1, 0.15) is 5.78 Å². The van der Waals surface area contributed by atoms with Gasteiger partial charge in [0.15, 0.2) is 5.16 Å². The Morgan fingerprint density at radius 2 is 2.00 bits per heavy atom. The molecule has 0 atom stereocenters. The van der Waals surface area contributed by atoms with Crippen molar-refractivity contribution in [1.29, 1.82) is 0 Å². The predicted octanol–water partition coefficient (Wildman–Crippen LogP) is 4.74. The number of carbonyl (C=O) groups is 1. The molecule has 0 aliphatic carbocycles. The molecule has 1 aromatic heterocycles. The van der Waals surface area contributed by atoms with Gasteiger partial charge in [0, 0.05) is 29.5 Å². The average molecular weight is 357 g/mol. The molecule has 5 heteroatoms. The summed E-state index contributed by atoms with van der Waals surface area (Å²) in [6.07, 6.45) is 4.08. The number of rotatable bonds is 6. The summed E-state index contributed by atoms with van der Waals surface area (Å²) in [5, 5.41) is 1.50. The molecular weight excluding hydrogens is 340 g/mol. The van der Waals surface area contributed by atoms with Crippen molar-refractivity contribution < 1.29 is 4.79 Å². The van der Waals surface area contributed by atoms with Gasteiger partial charge in [-0.2, -0.15) is 0 Å². The van der Waals surface area contributed by atoms with Crippen LogP contribution in [0, 0.1) is 6.92 Å². The number of Topliss-reactive ketones (excluding diaryl/α,β-unsaturated/α-hetero) is 1. The molecule has 0 saturated carbocycles. The number of thioether (sulfide) groups is 1. The van der Waals surface area contributed by atoms with Gasteiger partial charge in [0.2, 0.25) is 0 Å². The molecule has 122 valence electrons. The van der Waals surface area contributed by atoms with Crippen molar-refractivity contribution in [1.82, 2.24) is 9.55 Å². The van der Waals surface area contributed by atoms with E-state index < -0.39 is 0 Å². The number of aryl methyl sites for hydroxylation is 1. The smallest absolute Gasteiger partial charge is 0.173 e. The Balaban J connectivity index is 1.64. The third-order valence-corrected chi connectivity index (χ3v) is 4.84. The van der Waals surface area contributed by atoms with Crippen LogP contribution in [0.15, 0.2) is 66.1 Å². The van der Waals surface area contributed by atoms with Crippen LogP contribution in [0.1, 0.15) is 11.1 Å². The highest BCUT2D eigenvalue weighted by molar-refractivity contribution is 7.99. The molecule has 2 aromatic carbocycles. The third-order valence-electron chi connectivity index (χ3n) is 3.56. The fraction of sp³-hybridized carbons (Fsp3) is 0.158. The molecule has 0 bridgehead atoms. The first kappa shape index (κ1) is 16.8. The lowest BCUT2D eigenvalue weighted by Crippen LogP contribution is -2.07. The molecule has 0 amide bonds. The summed E-state index contributed by atoms with van der Waals surface area (Å²) in [7, 11) is 0. The van der Waals surface area contributed by atoms with Crippen molar-refractivity contribution in [2.75, 3.05) is 5.75 Å². The van der Waals surface area contributed by atoms with Crippen LogP contribution in [0.25, 0.3) is 5.69 Å². The monoisotopic (exact) mass is 356 g/mol. The fourth-order valence-corrected chi connectivity index (χ4v) is 3.40. The van der Waals surface area contributed by atoms with E-state index in [1.807, 2.05) is 60.2 Å². The first-order valence-electron chi connectivity index (χ1n) is 7.61. The van der Waals surface area contributed by atoms with Crippen LogP contribution in [0.3, 0.4) is 0 Å². The van der Waals surface area contributed by atoms with Crippen LogP contribution in [0.4, 0.5) is 0 Å². The molecule has 24 heavy (non-hydrogen) atoms. The minimum atomic E-state index is 0.191. The minimum Gasteiger partial charge on any atom is -0.298 e. The van der Waals surface area contributed by atoms with Gasteiger partial charge < -0.3 is 0 Å². The molecule has 0 fully saturated rings. The van der Waals surface area contributed by atoms with Gasteiger partial charge in [-0.1, -0.05) is 53.2 Å². The Hall–Kier alpha value is -2.04. The number of hydrogen-bond donors (Lipinski definition) is 0. The summed E-state index contributed by atoms with van der Waals surface area (Å²) >= 11 is 7.38. The van der Waals surface area contributed by atoms with Crippen molar-refractivity contribution >= 4 is 29.1 Å². The second kappa shape index (κ2) is 7.69. The summed E-state index contributed by atoms with van der Waals surface area (Å²) in [6.45, 7) is 2.03. The minimum absolute atomic E-state index is 0.191. The zero-order valence-corrected chi connectivity index (χ0v) is 14.8. The largest absolute Gasteiger partial charge is 0.298 e. The number of hydrogen-bond acceptors (Lipinski definition) is 3. The second-order valence-electron chi connectivity index (χ2n) is 5.55. The lowest BCUT2D eigenvalue weighted by molar-refractivity contribution is -0.116. The quantitative estimate of drug-likeness (QED) is 0.598. The molecule has 3 aromatic rings. The number of ketones is 1. The van der Waals surface area contributed by atoms with Crippen molar-refractivity contribution in [3.05, 3.63) is 77.1 Å². The Morgan fingerprint density at radius 3 is 2.75 bits per heavy atom. The van der Waals surface area contributed by atoms with E-state index in [1.54, 1.807) is 6.20 Å². The number of aromatic nitrogens is 2. The van der Waals surface area contributed by atoms with Crippen molar-refractivity contribution in [2.24, 2.45) is 0 Å². The molecule has 0 aliphatic rings. The maximum atomic E-state index is 12.2. The van der Waals surface area contributed by atoms with Crippen LogP contribution in [-0.2, 0) is 11.2 Å².